The molecule has 0 bridgehead atoms. The minimum absolute atomic E-state index is 0.439. The van der Waals surface area contributed by atoms with Gasteiger partial charge in [-0.3, -0.25) is 0 Å². The molecule has 9 aromatic carbocycles. The number of aromatic nitrogens is 2. The Balaban J connectivity index is 1.17. The Morgan fingerprint density at radius 1 is 0.403 bits per heavy atom. The van der Waals surface area contributed by atoms with Crippen LogP contribution < -0.4 is 0 Å². The number of furan rings is 2. The van der Waals surface area contributed by atoms with Crippen LogP contribution in [0.5, 0.6) is 0 Å². The molecule has 286 valence electrons. The second-order valence-electron chi connectivity index (χ2n) is 15.8. The summed E-state index contributed by atoms with van der Waals surface area (Å²) in [5.41, 5.74) is 13.1. The molecular formula is C56H30N4O2. The minimum Gasteiger partial charge on any atom is -0.455 e. The summed E-state index contributed by atoms with van der Waals surface area (Å²) < 4.78 is 18.0. The van der Waals surface area contributed by atoms with E-state index >= 15 is 0 Å². The van der Waals surface area contributed by atoms with Gasteiger partial charge in [0.15, 0.2) is 0 Å². The Morgan fingerprint density at radius 3 is 1.55 bits per heavy atom. The van der Waals surface area contributed by atoms with Crippen LogP contribution in [0.3, 0.4) is 0 Å². The van der Waals surface area contributed by atoms with Crippen molar-refractivity contribution in [3.05, 3.63) is 193 Å². The summed E-state index contributed by atoms with van der Waals surface area (Å²) in [5.74, 6) is 0. The fourth-order valence-electron chi connectivity index (χ4n) is 10.0. The van der Waals surface area contributed by atoms with Gasteiger partial charge in [-0.1, -0.05) is 115 Å². The molecule has 0 fully saturated rings. The van der Waals surface area contributed by atoms with Crippen molar-refractivity contribution in [3.8, 4) is 45.8 Å². The number of nitrogens with zero attached hydrogens (tertiary/aromatic N) is 4. The monoisotopic (exact) mass is 790 g/mol. The number of hydrogen-bond acceptors (Lipinski definition) is 4. The fraction of sp³-hybridized carbons (Fsp3) is 0. The molecule has 0 spiro atoms. The summed E-state index contributed by atoms with van der Waals surface area (Å²) in [6.45, 7) is 0. The molecule has 0 N–H and O–H groups in total. The van der Waals surface area contributed by atoms with Gasteiger partial charge in [-0.05, 0) is 72.3 Å². The molecule has 0 amide bonds. The predicted molar refractivity (Wildman–Crippen MR) is 250 cm³/mol. The number of hydrogen-bond donors (Lipinski definition) is 0. The van der Waals surface area contributed by atoms with Crippen LogP contribution in [0.1, 0.15) is 11.1 Å². The lowest BCUT2D eigenvalue weighted by Gasteiger charge is -2.19. The van der Waals surface area contributed by atoms with E-state index in [9.17, 15) is 10.5 Å². The average molecular weight is 791 g/mol. The van der Waals surface area contributed by atoms with Gasteiger partial charge in [-0.15, -0.1) is 0 Å². The van der Waals surface area contributed by atoms with E-state index in [1.54, 1.807) is 0 Å². The normalized spacial score (nSPS) is 11.8. The molecule has 62 heavy (non-hydrogen) atoms. The highest BCUT2D eigenvalue weighted by atomic mass is 16.3. The maximum absolute atomic E-state index is 11.1. The van der Waals surface area contributed by atoms with Crippen molar-refractivity contribution in [3.63, 3.8) is 0 Å². The molecule has 6 nitrogen and oxygen atoms in total. The molecule has 13 aromatic rings. The second-order valence-corrected chi connectivity index (χ2v) is 15.8. The number of benzene rings is 9. The lowest BCUT2D eigenvalue weighted by molar-refractivity contribution is 0.672. The van der Waals surface area contributed by atoms with Gasteiger partial charge in [0, 0.05) is 54.7 Å². The van der Waals surface area contributed by atoms with Crippen LogP contribution in [-0.4, -0.2) is 9.13 Å². The molecule has 0 saturated heterocycles. The molecule has 4 heterocycles. The first-order chi connectivity index (χ1) is 30.7. The Kier molecular flexibility index (Phi) is 7.05. The summed E-state index contributed by atoms with van der Waals surface area (Å²) in [4.78, 5) is 0. The highest BCUT2D eigenvalue weighted by molar-refractivity contribution is 6.25. The van der Waals surface area contributed by atoms with E-state index in [2.05, 4.69) is 130 Å². The molecule has 0 saturated carbocycles. The first kappa shape index (κ1) is 34.1. The molecule has 0 aliphatic rings. The van der Waals surface area contributed by atoms with E-state index in [0.29, 0.717) is 16.7 Å². The van der Waals surface area contributed by atoms with E-state index in [4.69, 9.17) is 8.83 Å². The zero-order valence-electron chi connectivity index (χ0n) is 32.9. The zero-order chi connectivity index (χ0) is 41.1. The minimum atomic E-state index is 0.439. The summed E-state index contributed by atoms with van der Waals surface area (Å²) >= 11 is 0. The average Bonchev–Trinajstić information content (AvgIpc) is 4.08. The number of fused-ring (bicyclic) bond motifs is 14. The van der Waals surface area contributed by atoms with Gasteiger partial charge in [-0.2, -0.15) is 10.5 Å². The Bertz CT molecular complexity index is 4130. The van der Waals surface area contributed by atoms with Crippen LogP contribution in [0.25, 0.3) is 121 Å². The quantitative estimate of drug-likeness (QED) is 0.178. The largest absolute Gasteiger partial charge is 0.455 e. The van der Waals surface area contributed by atoms with E-state index in [1.807, 2.05) is 72.8 Å². The summed E-state index contributed by atoms with van der Waals surface area (Å²) in [5, 5.41) is 30.0. The molecule has 0 aliphatic heterocycles. The highest BCUT2D eigenvalue weighted by Gasteiger charge is 2.25. The van der Waals surface area contributed by atoms with Gasteiger partial charge in [0.2, 0.25) is 0 Å². The van der Waals surface area contributed by atoms with E-state index < -0.39 is 0 Å². The number of rotatable bonds is 4. The van der Waals surface area contributed by atoms with Gasteiger partial charge >= 0.3 is 0 Å². The van der Waals surface area contributed by atoms with Crippen LogP contribution in [0.2, 0.25) is 0 Å². The topological polar surface area (TPSA) is 83.7 Å². The van der Waals surface area contributed by atoms with Crippen LogP contribution in [0.15, 0.2) is 191 Å². The summed E-state index contributed by atoms with van der Waals surface area (Å²) in [7, 11) is 0. The second kappa shape index (κ2) is 12.8. The SMILES string of the molecule is N#Cc1ccc(-c2ccc(-n3c4ccccc4c4c5oc6ccccc6c5ccc43)cc2-n2c3ccccc3c3c4oc5ccccc5c4ccc32)c(C#N)c1-c1ccccc1. The highest BCUT2D eigenvalue weighted by Crippen LogP contribution is 2.46. The van der Waals surface area contributed by atoms with Crippen molar-refractivity contribution in [1.82, 2.24) is 9.13 Å². The molecule has 0 atom stereocenters. The Hall–Kier alpha value is -8.84. The number of nitriles is 2. The fourth-order valence-corrected chi connectivity index (χ4v) is 10.0. The van der Waals surface area contributed by atoms with E-state index in [0.717, 1.165) is 116 Å². The molecule has 0 radical (unpaired) electrons. The van der Waals surface area contributed by atoms with Crippen molar-refractivity contribution >= 4 is 87.5 Å². The van der Waals surface area contributed by atoms with Gasteiger partial charge in [-0.25, -0.2) is 0 Å². The van der Waals surface area contributed by atoms with Crippen LogP contribution in [0, 0.1) is 22.7 Å². The van der Waals surface area contributed by atoms with Crippen molar-refractivity contribution < 1.29 is 8.83 Å². The summed E-state index contributed by atoms with van der Waals surface area (Å²) in [6.07, 6.45) is 0. The van der Waals surface area contributed by atoms with Crippen molar-refractivity contribution in [1.29, 1.82) is 10.5 Å². The Labute approximate surface area is 353 Å². The first-order valence-electron chi connectivity index (χ1n) is 20.5. The van der Waals surface area contributed by atoms with Crippen LogP contribution in [-0.2, 0) is 0 Å². The van der Waals surface area contributed by atoms with Gasteiger partial charge in [0.1, 0.15) is 28.4 Å². The maximum atomic E-state index is 11.1. The van der Waals surface area contributed by atoms with Crippen molar-refractivity contribution in [2.75, 3.05) is 0 Å². The molecular weight excluding hydrogens is 761 g/mol. The third kappa shape index (κ3) is 4.61. The summed E-state index contributed by atoms with van der Waals surface area (Å²) in [6, 6.07) is 66.9. The number of para-hydroxylation sites is 4. The molecule has 0 unspecified atom stereocenters. The lowest BCUT2D eigenvalue weighted by atomic mass is 9.88. The molecule has 4 aromatic heterocycles. The van der Waals surface area contributed by atoms with Gasteiger partial charge in [0.05, 0.1) is 55.7 Å². The van der Waals surface area contributed by atoms with Crippen molar-refractivity contribution in [2.45, 2.75) is 0 Å². The Morgan fingerprint density at radius 2 is 0.935 bits per heavy atom. The van der Waals surface area contributed by atoms with Crippen molar-refractivity contribution in [2.24, 2.45) is 0 Å². The predicted octanol–water partition coefficient (Wildman–Crippen LogP) is 14.8. The van der Waals surface area contributed by atoms with Gasteiger partial charge in [0.25, 0.3) is 0 Å². The van der Waals surface area contributed by atoms with Crippen LogP contribution >= 0.6 is 0 Å². The third-order valence-corrected chi connectivity index (χ3v) is 12.6. The first-order valence-corrected chi connectivity index (χ1v) is 20.5. The standard InChI is InChI=1S/C56H30N4O2/c57-31-34-22-24-36(44(32-58)52(34)33-12-2-1-3-13-33)37-25-23-35(59-45-18-8-4-16-42(45)53-47(59)28-26-40-38-14-6-10-20-50(38)61-55(40)53)30-49(37)60-46-19-9-5-17-43(46)54-48(60)29-27-41-39-15-7-11-21-51(39)62-56(41)54/h1-30H. The van der Waals surface area contributed by atoms with E-state index in [1.165, 1.54) is 0 Å². The molecule has 0 aliphatic carbocycles. The smallest absolute Gasteiger partial charge is 0.145 e. The molecule has 13 rings (SSSR count). The van der Waals surface area contributed by atoms with Crippen LogP contribution in [0.4, 0.5) is 0 Å². The maximum Gasteiger partial charge on any atom is 0.145 e. The lowest BCUT2D eigenvalue weighted by Crippen LogP contribution is -2.03. The molecule has 6 heteroatoms. The van der Waals surface area contributed by atoms with Gasteiger partial charge < -0.3 is 18.0 Å². The zero-order valence-corrected chi connectivity index (χ0v) is 32.9. The van der Waals surface area contributed by atoms with E-state index in [-0.39, 0.29) is 0 Å². The third-order valence-electron chi connectivity index (χ3n) is 12.6.